The maximum absolute atomic E-state index is 12.4. The number of carbonyl (C=O) groups is 1. The molecule has 1 N–H and O–H groups in total. The summed E-state index contributed by atoms with van der Waals surface area (Å²) in [6.07, 6.45) is 1.13. The van der Waals surface area contributed by atoms with E-state index in [0.29, 0.717) is 24.7 Å². The van der Waals surface area contributed by atoms with Gasteiger partial charge in [0, 0.05) is 20.1 Å². The van der Waals surface area contributed by atoms with Crippen molar-refractivity contribution in [3.63, 3.8) is 0 Å². The first kappa shape index (κ1) is 16.7. The molecule has 0 saturated carbocycles. The molecule has 0 aromatic heterocycles. The summed E-state index contributed by atoms with van der Waals surface area (Å²) < 4.78 is 0. The summed E-state index contributed by atoms with van der Waals surface area (Å²) in [5, 5.41) is 9.26. The van der Waals surface area contributed by atoms with Crippen molar-refractivity contribution in [3.05, 3.63) is 35.9 Å². The third-order valence-corrected chi connectivity index (χ3v) is 4.08. The Morgan fingerprint density at radius 1 is 1.20 bits per heavy atom. The maximum atomic E-state index is 12.4. The Morgan fingerprint density at radius 2 is 1.80 bits per heavy atom. The molecular formula is C17H27NO2. The molecule has 2 atom stereocenters. The molecule has 0 aliphatic rings. The summed E-state index contributed by atoms with van der Waals surface area (Å²) in [4.78, 5) is 14.2. The summed E-state index contributed by atoms with van der Waals surface area (Å²) in [5.41, 5.74) is 1.08. The molecular weight excluding hydrogens is 250 g/mol. The summed E-state index contributed by atoms with van der Waals surface area (Å²) in [6.45, 7) is 6.47. The first-order valence-corrected chi connectivity index (χ1v) is 7.38. The quantitative estimate of drug-likeness (QED) is 0.831. The Kier molecular flexibility index (Phi) is 6.73. The molecule has 112 valence electrons. The summed E-state index contributed by atoms with van der Waals surface area (Å²) in [5.74, 6) is 1.02. The zero-order chi connectivity index (χ0) is 15.1. The smallest absolute Gasteiger partial charge is 0.223 e. The van der Waals surface area contributed by atoms with Gasteiger partial charge in [-0.1, -0.05) is 51.1 Å². The van der Waals surface area contributed by atoms with E-state index < -0.39 is 0 Å². The zero-order valence-electron chi connectivity index (χ0n) is 13.0. The number of amides is 1. The van der Waals surface area contributed by atoms with Crippen molar-refractivity contribution in [2.45, 2.75) is 39.7 Å². The molecule has 0 aliphatic carbocycles. The fourth-order valence-electron chi connectivity index (χ4n) is 2.21. The van der Waals surface area contributed by atoms with Crippen LogP contribution in [0.4, 0.5) is 0 Å². The van der Waals surface area contributed by atoms with Crippen LogP contribution in [0.15, 0.2) is 30.3 Å². The molecule has 0 radical (unpaired) electrons. The Hall–Kier alpha value is -1.35. The van der Waals surface area contributed by atoms with Crippen molar-refractivity contribution in [2.24, 2.45) is 11.8 Å². The lowest BCUT2D eigenvalue weighted by Crippen LogP contribution is -2.33. The molecule has 0 bridgehead atoms. The lowest BCUT2D eigenvalue weighted by molar-refractivity contribution is -0.133. The van der Waals surface area contributed by atoms with Crippen LogP contribution in [-0.2, 0) is 4.79 Å². The maximum Gasteiger partial charge on any atom is 0.223 e. The van der Waals surface area contributed by atoms with Gasteiger partial charge in [-0.2, -0.15) is 0 Å². The van der Waals surface area contributed by atoms with Crippen LogP contribution in [0.5, 0.6) is 0 Å². The fraction of sp³-hybridized carbons (Fsp3) is 0.588. The molecule has 2 unspecified atom stereocenters. The van der Waals surface area contributed by atoms with Crippen LogP contribution in [0.3, 0.4) is 0 Å². The number of hydrogen-bond acceptors (Lipinski definition) is 2. The van der Waals surface area contributed by atoms with E-state index in [1.54, 1.807) is 4.90 Å². The Morgan fingerprint density at radius 3 is 2.30 bits per heavy atom. The molecule has 0 spiro atoms. The third-order valence-electron chi connectivity index (χ3n) is 4.08. The summed E-state index contributed by atoms with van der Waals surface area (Å²) >= 11 is 0. The van der Waals surface area contributed by atoms with E-state index in [4.69, 9.17) is 0 Å². The van der Waals surface area contributed by atoms with Gasteiger partial charge in [-0.25, -0.2) is 0 Å². The van der Waals surface area contributed by atoms with Gasteiger partial charge in [0.2, 0.25) is 5.91 Å². The predicted molar refractivity (Wildman–Crippen MR) is 82.3 cm³/mol. The first-order valence-electron chi connectivity index (χ1n) is 7.38. The van der Waals surface area contributed by atoms with Crippen molar-refractivity contribution in [3.8, 4) is 0 Å². The predicted octanol–water partition coefficient (Wildman–Crippen LogP) is 3.25. The van der Waals surface area contributed by atoms with E-state index in [2.05, 4.69) is 20.8 Å². The molecule has 0 saturated heterocycles. The van der Waals surface area contributed by atoms with Crippen LogP contribution in [0.2, 0.25) is 0 Å². The standard InChI is InChI=1S/C17H27NO2/c1-13(2)14(3)12-17(20)18(4)16(10-11-19)15-8-6-5-7-9-15/h5-9,13-14,16,19H,10-12H2,1-4H3. The number of aliphatic hydroxyl groups is 1. The van der Waals surface area contributed by atoms with Crippen LogP contribution >= 0.6 is 0 Å². The van der Waals surface area contributed by atoms with Gasteiger partial charge in [0.25, 0.3) is 0 Å². The van der Waals surface area contributed by atoms with Gasteiger partial charge in [-0.15, -0.1) is 0 Å². The summed E-state index contributed by atoms with van der Waals surface area (Å²) in [7, 11) is 1.84. The highest BCUT2D eigenvalue weighted by atomic mass is 16.3. The Labute approximate surface area is 122 Å². The molecule has 0 heterocycles. The van der Waals surface area contributed by atoms with E-state index >= 15 is 0 Å². The highest BCUT2D eigenvalue weighted by molar-refractivity contribution is 5.76. The van der Waals surface area contributed by atoms with Crippen molar-refractivity contribution >= 4 is 5.91 Å². The number of rotatable bonds is 7. The Balaban J connectivity index is 2.79. The van der Waals surface area contributed by atoms with Crippen LogP contribution < -0.4 is 0 Å². The average molecular weight is 277 g/mol. The molecule has 1 aromatic rings. The molecule has 0 fully saturated rings. The van der Waals surface area contributed by atoms with E-state index in [1.165, 1.54) is 0 Å². The third kappa shape index (κ3) is 4.64. The fourth-order valence-corrected chi connectivity index (χ4v) is 2.21. The number of nitrogens with zero attached hydrogens (tertiary/aromatic N) is 1. The van der Waals surface area contributed by atoms with Crippen molar-refractivity contribution < 1.29 is 9.90 Å². The average Bonchev–Trinajstić information content (AvgIpc) is 2.44. The van der Waals surface area contributed by atoms with Gasteiger partial charge in [-0.05, 0) is 23.8 Å². The number of carbonyl (C=O) groups excluding carboxylic acids is 1. The SMILES string of the molecule is CC(C)C(C)CC(=O)N(C)C(CCO)c1ccccc1. The minimum atomic E-state index is -0.0481. The van der Waals surface area contributed by atoms with Crippen LogP contribution in [0, 0.1) is 11.8 Å². The Bertz CT molecular complexity index is 403. The van der Waals surface area contributed by atoms with Gasteiger partial charge in [0.1, 0.15) is 0 Å². The van der Waals surface area contributed by atoms with Crippen molar-refractivity contribution in [1.82, 2.24) is 4.90 Å². The highest BCUT2D eigenvalue weighted by Gasteiger charge is 2.23. The van der Waals surface area contributed by atoms with Crippen LogP contribution in [0.25, 0.3) is 0 Å². The largest absolute Gasteiger partial charge is 0.396 e. The van der Waals surface area contributed by atoms with Gasteiger partial charge in [-0.3, -0.25) is 4.79 Å². The van der Waals surface area contributed by atoms with Gasteiger partial charge in [0.05, 0.1) is 6.04 Å². The molecule has 3 nitrogen and oxygen atoms in total. The lowest BCUT2D eigenvalue weighted by Gasteiger charge is -2.30. The van der Waals surface area contributed by atoms with E-state index in [0.717, 1.165) is 5.56 Å². The normalized spacial score (nSPS) is 14.1. The van der Waals surface area contributed by atoms with Crippen LogP contribution in [-0.4, -0.2) is 29.6 Å². The molecule has 3 heteroatoms. The minimum absolute atomic E-state index is 0.0481. The molecule has 1 rings (SSSR count). The number of aliphatic hydroxyl groups excluding tert-OH is 1. The van der Waals surface area contributed by atoms with E-state index in [1.807, 2.05) is 37.4 Å². The van der Waals surface area contributed by atoms with E-state index in [-0.39, 0.29) is 18.6 Å². The minimum Gasteiger partial charge on any atom is -0.396 e. The second-order valence-electron chi connectivity index (χ2n) is 5.87. The second kappa shape index (κ2) is 8.05. The van der Waals surface area contributed by atoms with Crippen molar-refractivity contribution in [2.75, 3.05) is 13.7 Å². The lowest BCUT2D eigenvalue weighted by atomic mass is 9.93. The zero-order valence-corrected chi connectivity index (χ0v) is 13.0. The molecule has 0 aliphatic heterocycles. The number of hydrogen-bond donors (Lipinski definition) is 1. The van der Waals surface area contributed by atoms with Gasteiger partial charge in [0.15, 0.2) is 0 Å². The highest BCUT2D eigenvalue weighted by Crippen LogP contribution is 2.25. The van der Waals surface area contributed by atoms with Gasteiger partial charge < -0.3 is 10.0 Å². The second-order valence-corrected chi connectivity index (χ2v) is 5.87. The summed E-state index contributed by atoms with van der Waals surface area (Å²) in [6, 6.07) is 9.87. The molecule has 20 heavy (non-hydrogen) atoms. The molecule has 1 amide bonds. The van der Waals surface area contributed by atoms with Gasteiger partial charge >= 0.3 is 0 Å². The number of benzene rings is 1. The van der Waals surface area contributed by atoms with Crippen molar-refractivity contribution in [1.29, 1.82) is 0 Å². The van der Waals surface area contributed by atoms with E-state index in [9.17, 15) is 9.90 Å². The molecule has 1 aromatic carbocycles. The first-order chi connectivity index (χ1) is 9.47. The van der Waals surface area contributed by atoms with Crippen LogP contribution in [0.1, 0.15) is 45.2 Å². The topological polar surface area (TPSA) is 40.5 Å². The monoisotopic (exact) mass is 277 g/mol.